The number of unbranched alkanes of at least 4 members (excludes halogenated alkanes) is 3. The topological polar surface area (TPSA) is 37.3 Å². The first-order valence-electron chi connectivity index (χ1n) is 11.1. The Morgan fingerprint density at radius 1 is 1.00 bits per heavy atom. The van der Waals surface area contributed by atoms with Crippen LogP contribution in [0.2, 0.25) is 0 Å². The Kier molecular flexibility index (Phi) is 6.78. The number of aliphatic carboxylic acids is 1. The molecule has 3 fully saturated rings. The summed E-state index contributed by atoms with van der Waals surface area (Å²) >= 11 is 0. The minimum absolute atomic E-state index is 0.454. The van der Waals surface area contributed by atoms with Gasteiger partial charge in [0.05, 0.1) is 0 Å². The van der Waals surface area contributed by atoms with Crippen LogP contribution in [0.1, 0.15) is 95.1 Å². The second kappa shape index (κ2) is 9.08. The van der Waals surface area contributed by atoms with Crippen LogP contribution in [0.15, 0.2) is 36.4 Å². The third-order valence-electron chi connectivity index (χ3n) is 7.38. The van der Waals surface area contributed by atoms with Crippen molar-refractivity contribution in [1.29, 1.82) is 0 Å². The fourth-order valence-electron chi connectivity index (χ4n) is 5.45. The molecule has 1 aromatic rings. The molecule has 1 aromatic carbocycles. The summed E-state index contributed by atoms with van der Waals surface area (Å²) in [5.41, 5.74) is 4.08. The molecule has 0 aliphatic heterocycles. The highest BCUT2D eigenvalue weighted by molar-refractivity contribution is 5.79. The van der Waals surface area contributed by atoms with Crippen LogP contribution < -0.4 is 0 Å². The molecule has 0 heterocycles. The van der Waals surface area contributed by atoms with Crippen molar-refractivity contribution in [2.24, 2.45) is 5.41 Å². The van der Waals surface area contributed by atoms with Gasteiger partial charge in [-0.1, -0.05) is 56.5 Å². The van der Waals surface area contributed by atoms with Gasteiger partial charge in [-0.3, -0.25) is 0 Å². The van der Waals surface area contributed by atoms with Crippen molar-refractivity contribution < 1.29 is 9.90 Å². The summed E-state index contributed by atoms with van der Waals surface area (Å²) in [6.07, 6.45) is 20.0. The third kappa shape index (κ3) is 5.03. The van der Waals surface area contributed by atoms with Gasteiger partial charge in [-0.25, -0.2) is 4.79 Å². The van der Waals surface area contributed by atoms with E-state index in [9.17, 15) is 4.79 Å². The first kappa shape index (κ1) is 20.2. The van der Waals surface area contributed by atoms with Crippen LogP contribution >= 0.6 is 0 Å². The van der Waals surface area contributed by atoms with Crippen LogP contribution in [-0.4, -0.2) is 11.1 Å². The van der Waals surface area contributed by atoms with Gasteiger partial charge in [-0.2, -0.15) is 0 Å². The van der Waals surface area contributed by atoms with Gasteiger partial charge in [0.2, 0.25) is 0 Å². The van der Waals surface area contributed by atoms with Crippen LogP contribution in [0.4, 0.5) is 0 Å². The molecular formula is C25H36O2. The van der Waals surface area contributed by atoms with Crippen molar-refractivity contribution in [3.63, 3.8) is 0 Å². The first-order chi connectivity index (χ1) is 13.1. The molecule has 27 heavy (non-hydrogen) atoms. The highest BCUT2D eigenvalue weighted by Gasteiger charge is 2.48. The van der Waals surface area contributed by atoms with E-state index in [2.05, 4.69) is 31.2 Å². The maximum Gasteiger partial charge on any atom is 0.327 e. The number of benzene rings is 1. The molecule has 3 aliphatic carbocycles. The Balaban J connectivity index is 1.52. The molecule has 0 amide bonds. The average molecular weight is 369 g/mol. The predicted octanol–water partition coefficient (Wildman–Crippen LogP) is 6.82. The van der Waals surface area contributed by atoms with Gasteiger partial charge < -0.3 is 5.11 Å². The third-order valence-corrected chi connectivity index (χ3v) is 7.38. The summed E-state index contributed by atoms with van der Waals surface area (Å²) in [6.45, 7) is 2.31. The van der Waals surface area contributed by atoms with E-state index in [0.717, 1.165) is 19.3 Å². The molecule has 0 saturated heterocycles. The van der Waals surface area contributed by atoms with Crippen LogP contribution in [0.25, 0.3) is 0 Å². The summed E-state index contributed by atoms with van der Waals surface area (Å²) in [6, 6.07) is 9.39. The van der Waals surface area contributed by atoms with Gasteiger partial charge in [0, 0.05) is 6.08 Å². The van der Waals surface area contributed by atoms with Gasteiger partial charge in [-0.05, 0) is 86.2 Å². The molecule has 3 aliphatic rings. The van der Waals surface area contributed by atoms with E-state index in [1.165, 1.54) is 75.8 Å². The highest BCUT2D eigenvalue weighted by Crippen LogP contribution is 2.59. The number of carboxylic acid groups (broad SMARTS) is 1. The van der Waals surface area contributed by atoms with Crippen molar-refractivity contribution in [3.05, 3.63) is 47.5 Å². The lowest BCUT2D eigenvalue weighted by molar-refractivity contribution is -0.131. The molecule has 2 nitrogen and oxygen atoms in total. The van der Waals surface area contributed by atoms with Crippen LogP contribution in [0, 0.1) is 5.41 Å². The van der Waals surface area contributed by atoms with Gasteiger partial charge in [-0.15, -0.1) is 0 Å². The molecule has 0 unspecified atom stereocenters. The number of aryl methyl sites for hydroxylation is 1. The van der Waals surface area contributed by atoms with Gasteiger partial charge in [0.1, 0.15) is 0 Å². The zero-order chi connectivity index (χ0) is 19.2. The van der Waals surface area contributed by atoms with Crippen molar-refractivity contribution >= 4 is 5.97 Å². The van der Waals surface area contributed by atoms with E-state index in [-0.39, 0.29) is 0 Å². The van der Waals surface area contributed by atoms with Crippen molar-refractivity contribution in [2.75, 3.05) is 0 Å². The predicted molar refractivity (Wildman–Crippen MR) is 112 cm³/mol. The lowest BCUT2D eigenvalue weighted by Gasteiger charge is -2.54. The van der Waals surface area contributed by atoms with E-state index in [4.69, 9.17) is 5.11 Å². The van der Waals surface area contributed by atoms with Crippen molar-refractivity contribution in [2.45, 2.75) is 95.8 Å². The molecule has 0 atom stereocenters. The Bertz CT molecular complexity index is 616. The number of carboxylic acids is 1. The monoisotopic (exact) mass is 368 g/mol. The lowest BCUT2D eigenvalue weighted by Crippen LogP contribution is -2.44. The summed E-state index contributed by atoms with van der Waals surface area (Å²) in [4.78, 5) is 10.5. The molecule has 0 radical (unpaired) electrons. The van der Waals surface area contributed by atoms with E-state index >= 15 is 0 Å². The second-order valence-electron chi connectivity index (χ2n) is 9.07. The van der Waals surface area contributed by atoms with E-state index in [1.807, 2.05) is 0 Å². The number of allylic oxidation sites excluding steroid dienone is 1. The SMILES string of the molecule is CCCCCC12CCC(c3ccc(CCC/C=C/C(=O)O)cc3)(CC1)CC2. The first-order valence-corrected chi connectivity index (χ1v) is 11.1. The Labute approximate surface area is 165 Å². The zero-order valence-electron chi connectivity index (χ0n) is 17.0. The summed E-state index contributed by atoms with van der Waals surface area (Å²) < 4.78 is 0. The number of hydrogen-bond donors (Lipinski definition) is 1. The molecule has 1 N–H and O–H groups in total. The average Bonchev–Trinajstić information content (AvgIpc) is 2.69. The van der Waals surface area contributed by atoms with Crippen LogP contribution in [0.3, 0.4) is 0 Å². The molecule has 3 saturated carbocycles. The van der Waals surface area contributed by atoms with Gasteiger partial charge in [0.15, 0.2) is 0 Å². The summed E-state index contributed by atoms with van der Waals surface area (Å²) in [5, 5.41) is 8.62. The molecular weight excluding hydrogens is 332 g/mol. The largest absolute Gasteiger partial charge is 0.478 e. The van der Waals surface area contributed by atoms with Gasteiger partial charge in [0.25, 0.3) is 0 Å². The highest BCUT2D eigenvalue weighted by atomic mass is 16.4. The van der Waals surface area contributed by atoms with E-state index < -0.39 is 5.97 Å². The second-order valence-corrected chi connectivity index (χ2v) is 9.07. The number of rotatable bonds is 10. The standard InChI is InChI=1S/C25H36O2/c1-2-3-7-14-24-15-18-25(19-16-24,20-17-24)22-12-10-21(11-13-22)8-5-4-6-9-23(26)27/h6,9-13H,2-5,7-8,14-20H2,1H3,(H,26,27)/b9-6+. The normalized spacial score (nSPS) is 27.3. The quantitative estimate of drug-likeness (QED) is 0.363. The smallest absolute Gasteiger partial charge is 0.327 e. The zero-order valence-corrected chi connectivity index (χ0v) is 17.0. The summed E-state index contributed by atoms with van der Waals surface area (Å²) in [7, 11) is 0. The molecule has 4 rings (SSSR count). The summed E-state index contributed by atoms with van der Waals surface area (Å²) in [5.74, 6) is -0.854. The van der Waals surface area contributed by atoms with E-state index in [0.29, 0.717) is 10.8 Å². The van der Waals surface area contributed by atoms with Crippen molar-refractivity contribution in [1.82, 2.24) is 0 Å². The van der Waals surface area contributed by atoms with Gasteiger partial charge >= 0.3 is 5.97 Å². The number of carbonyl (C=O) groups is 1. The lowest BCUT2D eigenvalue weighted by atomic mass is 9.51. The maximum absolute atomic E-state index is 10.5. The fraction of sp³-hybridized carbons (Fsp3) is 0.640. The molecule has 0 spiro atoms. The fourth-order valence-corrected chi connectivity index (χ4v) is 5.45. The Hall–Kier alpha value is -1.57. The molecule has 2 heteroatoms. The van der Waals surface area contributed by atoms with Crippen LogP contribution in [0.5, 0.6) is 0 Å². The molecule has 148 valence electrons. The minimum Gasteiger partial charge on any atom is -0.478 e. The Morgan fingerprint density at radius 3 is 2.26 bits per heavy atom. The van der Waals surface area contributed by atoms with Crippen LogP contribution in [-0.2, 0) is 16.6 Å². The van der Waals surface area contributed by atoms with Crippen molar-refractivity contribution in [3.8, 4) is 0 Å². The molecule has 0 aromatic heterocycles. The number of fused-ring (bicyclic) bond motifs is 3. The maximum atomic E-state index is 10.5. The minimum atomic E-state index is -0.854. The molecule has 2 bridgehead atoms. The number of hydrogen-bond acceptors (Lipinski definition) is 1. The Morgan fingerprint density at radius 2 is 1.67 bits per heavy atom. The van der Waals surface area contributed by atoms with E-state index in [1.54, 1.807) is 11.6 Å².